The van der Waals surface area contributed by atoms with Gasteiger partial charge >= 0.3 is 0 Å². The van der Waals surface area contributed by atoms with Crippen molar-refractivity contribution in [2.45, 2.75) is 64.3 Å². The molecule has 1 rings (SSSR count). The Morgan fingerprint density at radius 2 is 1.78 bits per heavy atom. The van der Waals surface area contributed by atoms with Crippen molar-refractivity contribution in [3.8, 4) is 12.3 Å². The van der Waals surface area contributed by atoms with E-state index in [0.717, 1.165) is 12.6 Å². The van der Waals surface area contributed by atoms with Gasteiger partial charge in [-0.2, -0.15) is 0 Å². The fraction of sp³-hybridized carbons (Fsp3) is 0.875. The molecule has 0 atom stereocenters. The second kappa shape index (κ2) is 10.4. The van der Waals surface area contributed by atoms with E-state index in [1.165, 1.54) is 71.0 Å². The third-order valence-corrected chi connectivity index (χ3v) is 3.87. The summed E-state index contributed by atoms with van der Waals surface area (Å²) < 4.78 is 0. The lowest BCUT2D eigenvalue weighted by atomic mass is 10.0. The number of hydrogen-bond acceptors (Lipinski definition) is 2. The normalized spacial score (nSPS) is 17.8. The zero-order valence-electron chi connectivity index (χ0n) is 12.1. The first-order valence-electron chi connectivity index (χ1n) is 7.76. The average Bonchev–Trinajstić information content (AvgIpc) is 2.40. The van der Waals surface area contributed by atoms with Crippen LogP contribution in [0.5, 0.6) is 0 Å². The summed E-state index contributed by atoms with van der Waals surface area (Å²) in [5, 5.41) is 3.70. The molecule has 0 unspecified atom stereocenters. The minimum Gasteiger partial charge on any atom is -0.314 e. The molecule has 1 heterocycles. The smallest absolute Gasteiger partial charge is 0.0598 e. The maximum atomic E-state index is 5.33. The van der Waals surface area contributed by atoms with Gasteiger partial charge in [0.25, 0.3) is 0 Å². The van der Waals surface area contributed by atoms with Crippen LogP contribution in [0.25, 0.3) is 0 Å². The van der Waals surface area contributed by atoms with Crippen molar-refractivity contribution in [2.24, 2.45) is 0 Å². The molecule has 0 aromatic rings. The number of likely N-dealkylation sites (tertiary alicyclic amines) is 1. The van der Waals surface area contributed by atoms with Crippen molar-refractivity contribution in [3.05, 3.63) is 0 Å². The Hall–Kier alpha value is -0.520. The second-order valence-corrected chi connectivity index (χ2v) is 5.48. The number of piperidine rings is 1. The van der Waals surface area contributed by atoms with Gasteiger partial charge in [-0.1, -0.05) is 44.9 Å². The molecule has 1 aliphatic rings. The average molecular weight is 250 g/mol. The highest BCUT2D eigenvalue weighted by Crippen LogP contribution is 2.10. The highest BCUT2D eigenvalue weighted by atomic mass is 15.1. The first kappa shape index (κ1) is 15.5. The number of terminal acetylenes is 1. The minimum absolute atomic E-state index is 0.731. The van der Waals surface area contributed by atoms with Gasteiger partial charge in [0.15, 0.2) is 0 Å². The Labute approximate surface area is 114 Å². The number of hydrogen-bond donors (Lipinski definition) is 1. The summed E-state index contributed by atoms with van der Waals surface area (Å²) >= 11 is 0. The second-order valence-electron chi connectivity index (χ2n) is 5.48. The number of unbranched alkanes of at least 4 members (excludes halogenated alkanes) is 5. The lowest BCUT2D eigenvalue weighted by Crippen LogP contribution is -2.42. The van der Waals surface area contributed by atoms with E-state index in [0.29, 0.717) is 0 Å². The van der Waals surface area contributed by atoms with Gasteiger partial charge in [-0.3, -0.25) is 4.90 Å². The maximum Gasteiger partial charge on any atom is 0.0598 e. The summed E-state index contributed by atoms with van der Waals surface area (Å²) in [5.74, 6) is 2.73. The molecule has 0 aromatic carbocycles. The first-order valence-corrected chi connectivity index (χ1v) is 7.76. The lowest BCUT2D eigenvalue weighted by Gasteiger charge is -2.31. The van der Waals surface area contributed by atoms with Crippen LogP contribution in [0.15, 0.2) is 0 Å². The third-order valence-electron chi connectivity index (χ3n) is 3.87. The van der Waals surface area contributed by atoms with Crippen LogP contribution in [0.2, 0.25) is 0 Å². The Morgan fingerprint density at radius 3 is 2.44 bits per heavy atom. The van der Waals surface area contributed by atoms with Crippen molar-refractivity contribution in [2.75, 3.05) is 26.2 Å². The van der Waals surface area contributed by atoms with Crippen LogP contribution in [0.1, 0.15) is 58.3 Å². The van der Waals surface area contributed by atoms with Gasteiger partial charge in [-0.15, -0.1) is 6.42 Å². The van der Waals surface area contributed by atoms with Crippen LogP contribution in [-0.4, -0.2) is 37.1 Å². The monoisotopic (exact) mass is 250 g/mol. The number of nitrogens with one attached hydrogen (secondary N) is 1. The minimum atomic E-state index is 0.731. The van der Waals surface area contributed by atoms with Gasteiger partial charge in [0.1, 0.15) is 0 Å². The number of rotatable bonds is 9. The van der Waals surface area contributed by atoms with Crippen LogP contribution in [0, 0.1) is 12.3 Å². The molecule has 0 spiro atoms. The van der Waals surface area contributed by atoms with Gasteiger partial charge in [0.2, 0.25) is 0 Å². The van der Waals surface area contributed by atoms with Crippen LogP contribution in [-0.2, 0) is 0 Å². The zero-order chi connectivity index (χ0) is 13.1. The molecule has 0 saturated carbocycles. The Kier molecular flexibility index (Phi) is 8.98. The van der Waals surface area contributed by atoms with Gasteiger partial charge in [0.05, 0.1) is 6.54 Å². The third kappa shape index (κ3) is 7.03. The van der Waals surface area contributed by atoms with Gasteiger partial charge in [-0.05, 0) is 25.8 Å². The Balaban J connectivity index is 1.90. The molecular formula is C16H30N2. The molecule has 1 fully saturated rings. The number of nitrogens with zero attached hydrogens (tertiary/aromatic N) is 1. The van der Waals surface area contributed by atoms with E-state index in [9.17, 15) is 0 Å². The standard InChI is InChI=1S/C16H30N2/c1-3-5-6-7-8-9-12-17-16-10-14-18(13-4-2)15-11-16/h2,16-17H,3,5-15H2,1H3. The van der Waals surface area contributed by atoms with E-state index in [-0.39, 0.29) is 0 Å². The molecule has 1 N–H and O–H groups in total. The van der Waals surface area contributed by atoms with E-state index >= 15 is 0 Å². The van der Waals surface area contributed by atoms with Crippen molar-refractivity contribution >= 4 is 0 Å². The summed E-state index contributed by atoms with van der Waals surface area (Å²) in [5.41, 5.74) is 0. The van der Waals surface area contributed by atoms with Crippen LogP contribution in [0.3, 0.4) is 0 Å². The lowest BCUT2D eigenvalue weighted by molar-refractivity contribution is 0.218. The molecule has 1 aliphatic heterocycles. The van der Waals surface area contributed by atoms with E-state index in [4.69, 9.17) is 6.42 Å². The molecule has 0 aliphatic carbocycles. The zero-order valence-corrected chi connectivity index (χ0v) is 12.1. The fourth-order valence-electron chi connectivity index (χ4n) is 2.64. The molecule has 2 nitrogen and oxygen atoms in total. The molecule has 18 heavy (non-hydrogen) atoms. The van der Waals surface area contributed by atoms with Crippen molar-refractivity contribution in [1.29, 1.82) is 0 Å². The van der Waals surface area contributed by atoms with E-state index in [1.807, 2.05) is 0 Å². The van der Waals surface area contributed by atoms with Gasteiger partial charge < -0.3 is 5.32 Å². The Morgan fingerprint density at radius 1 is 1.11 bits per heavy atom. The van der Waals surface area contributed by atoms with E-state index in [2.05, 4.69) is 23.1 Å². The topological polar surface area (TPSA) is 15.3 Å². The molecule has 0 aromatic heterocycles. The van der Waals surface area contributed by atoms with Gasteiger partial charge in [-0.25, -0.2) is 0 Å². The molecule has 1 saturated heterocycles. The largest absolute Gasteiger partial charge is 0.314 e. The van der Waals surface area contributed by atoms with E-state index in [1.54, 1.807) is 0 Å². The molecule has 104 valence electrons. The van der Waals surface area contributed by atoms with Crippen LogP contribution < -0.4 is 5.32 Å². The van der Waals surface area contributed by atoms with Crippen LogP contribution >= 0.6 is 0 Å². The molecule has 0 bridgehead atoms. The molecular weight excluding hydrogens is 220 g/mol. The molecule has 0 radical (unpaired) electrons. The van der Waals surface area contributed by atoms with Crippen molar-refractivity contribution < 1.29 is 0 Å². The Bertz CT molecular complexity index is 224. The van der Waals surface area contributed by atoms with Crippen molar-refractivity contribution in [1.82, 2.24) is 10.2 Å². The summed E-state index contributed by atoms with van der Waals surface area (Å²) in [6.07, 6.45) is 16.2. The van der Waals surface area contributed by atoms with E-state index < -0.39 is 0 Å². The molecule has 0 amide bonds. The highest BCUT2D eigenvalue weighted by molar-refractivity contribution is 4.90. The summed E-state index contributed by atoms with van der Waals surface area (Å²) in [6.45, 7) is 6.63. The van der Waals surface area contributed by atoms with Gasteiger partial charge in [0, 0.05) is 19.1 Å². The summed E-state index contributed by atoms with van der Waals surface area (Å²) in [7, 11) is 0. The first-order chi connectivity index (χ1) is 8.86. The fourth-order valence-corrected chi connectivity index (χ4v) is 2.64. The quantitative estimate of drug-likeness (QED) is 0.500. The summed E-state index contributed by atoms with van der Waals surface area (Å²) in [4.78, 5) is 2.38. The highest BCUT2D eigenvalue weighted by Gasteiger charge is 2.17. The maximum absolute atomic E-state index is 5.33. The van der Waals surface area contributed by atoms with Crippen molar-refractivity contribution in [3.63, 3.8) is 0 Å². The predicted octanol–water partition coefficient (Wildman–Crippen LogP) is 3.03. The van der Waals surface area contributed by atoms with Crippen LogP contribution in [0.4, 0.5) is 0 Å². The summed E-state index contributed by atoms with van der Waals surface area (Å²) in [6, 6.07) is 0.731. The molecule has 2 heteroatoms. The predicted molar refractivity (Wildman–Crippen MR) is 79.7 cm³/mol. The SMILES string of the molecule is C#CCN1CCC(NCCCCCCCC)CC1.